The standard InChI is InChI=1S/C16H21N3/c1-11-6-5-7-13(11)10-17-16-15-9-4-3-8-14(15)12(2)18-19-16/h3-4,8-9,11,13H,5-7,10H2,1-2H3,(H,17,19). The SMILES string of the molecule is Cc1nnc(NCC2CCCC2C)c2ccccc12. The molecule has 1 aromatic heterocycles. The minimum absolute atomic E-state index is 0.780. The smallest absolute Gasteiger partial charge is 0.156 e. The van der Waals surface area contributed by atoms with E-state index in [2.05, 4.69) is 46.7 Å². The van der Waals surface area contributed by atoms with Gasteiger partial charge in [0.15, 0.2) is 5.82 Å². The number of hydrogen-bond donors (Lipinski definition) is 1. The van der Waals surface area contributed by atoms with Gasteiger partial charge >= 0.3 is 0 Å². The number of rotatable bonds is 3. The number of aryl methyl sites for hydroxylation is 1. The number of anilines is 1. The average Bonchev–Trinajstić information content (AvgIpc) is 2.84. The first kappa shape index (κ1) is 12.4. The van der Waals surface area contributed by atoms with Crippen molar-refractivity contribution in [2.45, 2.75) is 33.1 Å². The van der Waals surface area contributed by atoms with Crippen molar-refractivity contribution >= 4 is 16.6 Å². The van der Waals surface area contributed by atoms with Gasteiger partial charge in [-0.3, -0.25) is 0 Å². The largest absolute Gasteiger partial charge is 0.368 e. The number of hydrogen-bond acceptors (Lipinski definition) is 3. The summed E-state index contributed by atoms with van der Waals surface area (Å²) in [6.07, 6.45) is 4.08. The van der Waals surface area contributed by atoms with Gasteiger partial charge in [-0.2, -0.15) is 5.10 Å². The van der Waals surface area contributed by atoms with Gasteiger partial charge in [-0.05, 0) is 25.2 Å². The number of benzene rings is 1. The minimum Gasteiger partial charge on any atom is -0.368 e. The highest BCUT2D eigenvalue weighted by Gasteiger charge is 2.23. The molecule has 3 rings (SSSR count). The lowest BCUT2D eigenvalue weighted by atomic mass is 9.98. The van der Waals surface area contributed by atoms with E-state index >= 15 is 0 Å². The maximum absolute atomic E-state index is 4.33. The fourth-order valence-corrected chi connectivity index (χ4v) is 3.12. The molecule has 0 saturated heterocycles. The molecule has 3 heteroatoms. The topological polar surface area (TPSA) is 37.8 Å². The molecule has 3 nitrogen and oxygen atoms in total. The summed E-state index contributed by atoms with van der Waals surface area (Å²) in [7, 11) is 0. The third-order valence-corrected chi connectivity index (χ3v) is 4.44. The summed E-state index contributed by atoms with van der Waals surface area (Å²) in [4.78, 5) is 0. The second-order valence-electron chi connectivity index (χ2n) is 5.73. The van der Waals surface area contributed by atoms with Crippen LogP contribution in [0.5, 0.6) is 0 Å². The minimum atomic E-state index is 0.780. The molecular weight excluding hydrogens is 234 g/mol. The molecule has 1 heterocycles. The Labute approximate surface area is 114 Å². The van der Waals surface area contributed by atoms with E-state index in [-0.39, 0.29) is 0 Å². The second-order valence-corrected chi connectivity index (χ2v) is 5.73. The molecule has 2 unspecified atom stereocenters. The Morgan fingerprint density at radius 2 is 1.95 bits per heavy atom. The van der Waals surface area contributed by atoms with Crippen LogP contribution < -0.4 is 5.32 Å². The number of aromatic nitrogens is 2. The van der Waals surface area contributed by atoms with Crippen molar-refractivity contribution in [2.24, 2.45) is 11.8 Å². The average molecular weight is 255 g/mol. The summed E-state index contributed by atoms with van der Waals surface area (Å²) < 4.78 is 0. The molecule has 1 saturated carbocycles. The molecule has 0 aliphatic heterocycles. The van der Waals surface area contributed by atoms with E-state index in [0.29, 0.717) is 0 Å². The molecule has 1 aliphatic rings. The van der Waals surface area contributed by atoms with Crippen LogP contribution in [-0.4, -0.2) is 16.7 Å². The van der Waals surface area contributed by atoms with E-state index < -0.39 is 0 Å². The molecular formula is C16H21N3. The van der Waals surface area contributed by atoms with Crippen LogP contribution >= 0.6 is 0 Å². The Kier molecular flexibility index (Phi) is 3.36. The molecule has 2 aromatic rings. The van der Waals surface area contributed by atoms with Gasteiger partial charge in [-0.1, -0.05) is 44.0 Å². The van der Waals surface area contributed by atoms with Gasteiger partial charge in [-0.25, -0.2) is 0 Å². The summed E-state index contributed by atoms with van der Waals surface area (Å²) in [6.45, 7) is 5.39. The first-order valence-electron chi connectivity index (χ1n) is 7.21. The zero-order chi connectivity index (χ0) is 13.2. The predicted molar refractivity (Wildman–Crippen MR) is 79.3 cm³/mol. The van der Waals surface area contributed by atoms with Gasteiger partial charge < -0.3 is 5.32 Å². The van der Waals surface area contributed by atoms with Crippen LogP contribution in [0.1, 0.15) is 31.9 Å². The van der Waals surface area contributed by atoms with Crippen molar-refractivity contribution in [3.63, 3.8) is 0 Å². The van der Waals surface area contributed by atoms with Crippen molar-refractivity contribution in [1.82, 2.24) is 10.2 Å². The highest BCUT2D eigenvalue weighted by atomic mass is 15.2. The Morgan fingerprint density at radius 3 is 2.68 bits per heavy atom. The van der Waals surface area contributed by atoms with Crippen molar-refractivity contribution < 1.29 is 0 Å². The quantitative estimate of drug-likeness (QED) is 0.906. The van der Waals surface area contributed by atoms with Crippen LogP contribution in [0.2, 0.25) is 0 Å². The van der Waals surface area contributed by atoms with Gasteiger partial charge in [0.1, 0.15) is 0 Å². The van der Waals surface area contributed by atoms with Crippen LogP contribution in [0.15, 0.2) is 24.3 Å². The molecule has 100 valence electrons. The summed E-state index contributed by atoms with van der Waals surface area (Å²) in [5.41, 5.74) is 0.996. The van der Waals surface area contributed by atoms with Gasteiger partial charge in [0, 0.05) is 17.3 Å². The van der Waals surface area contributed by atoms with E-state index in [1.807, 2.05) is 6.92 Å². The van der Waals surface area contributed by atoms with Gasteiger partial charge in [0.25, 0.3) is 0 Å². The number of fused-ring (bicyclic) bond motifs is 1. The summed E-state index contributed by atoms with van der Waals surface area (Å²) in [6, 6.07) is 8.35. The number of nitrogens with zero attached hydrogens (tertiary/aromatic N) is 2. The van der Waals surface area contributed by atoms with Crippen LogP contribution in [-0.2, 0) is 0 Å². The van der Waals surface area contributed by atoms with Crippen LogP contribution in [0.25, 0.3) is 10.8 Å². The Morgan fingerprint density at radius 1 is 1.16 bits per heavy atom. The van der Waals surface area contributed by atoms with Crippen molar-refractivity contribution in [2.75, 3.05) is 11.9 Å². The van der Waals surface area contributed by atoms with Gasteiger partial charge in [-0.15, -0.1) is 5.10 Å². The zero-order valence-electron chi connectivity index (χ0n) is 11.7. The normalized spacial score (nSPS) is 22.8. The molecule has 1 N–H and O–H groups in total. The zero-order valence-corrected chi connectivity index (χ0v) is 11.7. The van der Waals surface area contributed by atoms with Crippen LogP contribution in [0, 0.1) is 18.8 Å². The Hall–Kier alpha value is -1.64. The van der Waals surface area contributed by atoms with Crippen molar-refractivity contribution in [3.8, 4) is 0 Å². The maximum atomic E-state index is 4.33. The molecule has 0 amide bonds. The predicted octanol–water partition coefficient (Wildman–Crippen LogP) is 3.79. The van der Waals surface area contributed by atoms with Gasteiger partial charge in [0.05, 0.1) is 5.69 Å². The molecule has 2 atom stereocenters. The van der Waals surface area contributed by atoms with Crippen LogP contribution in [0.3, 0.4) is 0 Å². The highest BCUT2D eigenvalue weighted by Crippen LogP contribution is 2.31. The van der Waals surface area contributed by atoms with E-state index in [0.717, 1.165) is 29.9 Å². The summed E-state index contributed by atoms with van der Waals surface area (Å²) >= 11 is 0. The van der Waals surface area contributed by atoms with E-state index in [9.17, 15) is 0 Å². The Bertz CT molecular complexity index is 579. The molecule has 19 heavy (non-hydrogen) atoms. The second kappa shape index (κ2) is 5.16. The first-order valence-corrected chi connectivity index (χ1v) is 7.21. The van der Waals surface area contributed by atoms with E-state index in [4.69, 9.17) is 0 Å². The van der Waals surface area contributed by atoms with E-state index in [1.165, 1.54) is 30.0 Å². The third-order valence-electron chi connectivity index (χ3n) is 4.44. The maximum Gasteiger partial charge on any atom is 0.156 e. The molecule has 1 aliphatic carbocycles. The lowest BCUT2D eigenvalue weighted by Gasteiger charge is -2.17. The molecule has 0 bridgehead atoms. The Balaban J connectivity index is 1.83. The lowest BCUT2D eigenvalue weighted by Crippen LogP contribution is -2.17. The van der Waals surface area contributed by atoms with Crippen molar-refractivity contribution in [1.29, 1.82) is 0 Å². The highest BCUT2D eigenvalue weighted by molar-refractivity contribution is 5.92. The first-order chi connectivity index (χ1) is 9.25. The fourth-order valence-electron chi connectivity index (χ4n) is 3.12. The summed E-state index contributed by atoms with van der Waals surface area (Å²) in [5, 5.41) is 14.5. The molecule has 0 spiro atoms. The monoisotopic (exact) mass is 255 g/mol. The molecule has 0 radical (unpaired) electrons. The molecule has 1 fully saturated rings. The van der Waals surface area contributed by atoms with Crippen LogP contribution in [0.4, 0.5) is 5.82 Å². The van der Waals surface area contributed by atoms with E-state index in [1.54, 1.807) is 0 Å². The van der Waals surface area contributed by atoms with Crippen molar-refractivity contribution in [3.05, 3.63) is 30.0 Å². The summed E-state index contributed by atoms with van der Waals surface area (Å²) in [5.74, 6) is 2.54. The number of nitrogens with one attached hydrogen (secondary N) is 1. The molecule has 1 aromatic carbocycles. The van der Waals surface area contributed by atoms with Gasteiger partial charge in [0.2, 0.25) is 0 Å². The lowest BCUT2D eigenvalue weighted by molar-refractivity contribution is 0.439. The third kappa shape index (κ3) is 2.42. The fraction of sp³-hybridized carbons (Fsp3) is 0.500.